The molecule has 11 heavy (non-hydrogen) atoms. The Morgan fingerprint density at radius 3 is 3.18 bits per heavy atom. The average Bonchev–Trinajstić information content (AvgIpc) is 2.50. The van der Waals surface area contributed by atoms with Crippen LogP contribution in [-0.2, 0) is 16.0 Å². The third kappa shape index (κ3) is 2.89. The van der Waals surface area contributed by atoms with Gasteiger partial charge in [-0.3, -0.25) is 0 Å². The Labute approximate surface area is 65.0 Å². The molecule has 0 aliphatic carbocycles. The van der Waals surface area contributed by atoms with Crippen LogP contribution >= 0.6 is 0 Å². The fraction of sp³-hybridized carbons (Fsp3) is 0.375. The molecule has 3 nitrogen and oxygen atoms in total. The molecule has 0 spiro atoms. The van der Waals surface area contributed by atoms with Gasteiger partial charge in [0.1, 0.15) is 5.76 Å². The first-order valence-corrected chi connectivity index (χ1v) is 3.45. The van der Waals surface area contributed by atoms with Crippen LogP contribution in [0.3, 0.4) is 0 Å². The Morgan fingerprint density at radius 2 is 2.55 bits per heavy atom. The van der Waals surface area contributed by atoms with Gasteiger partial charge in [0.05, 0.1) is 12.9 Å². The van der Waals surface area contributed by atoms with Crippen molar-refractivity contribution in [1.82, 2.24) is 0 Å². The summed E-state index contributed by atoms with van der Waals surface area (Å²) < 4.78 is 9.44. The van der Waals surface area contributed by atoms with Gasteiger partial charge in [0, 0.05) is 6.42 Å². The number of aryl methyl sites for hydroxylation is 1. The van der Waals surface area contributed by atoms with E-state index in [0.29, 0.717) is 6.61 Å². The van der Waals surface area contributed by atoms with Gasteiger partial charge >= 0.3 is 6.47 Å². The van der Waals surface area contributed by atoms with E-state index in [1.54, 1.807) is 6.26 Å². The van der Waals surface area contributed by atoms with E-state index in [1.165, 1.54) is 6.47 Å². The molecular weight excluding hydrogens is 144 g/mol. The SMILES string of the molecule is O=[C]OCCCc1ccco1. The van der Waals surface area contributed by atoms with Gasteiger partial charge < -0.3 is 9.15 Å². The zero-order valence-electron chi connectivity index (χ0n) is 6.08. The van der Waals surface area contributed by atoms with Crippen LogP contribution in [0, 0.1) is 0 Å². The van der Waals surface area contributed by atoms with E-state index in [2.05, 4.69) is 4.74 Å². The largest absolute Gasteiger partial charge is 0.469 e. The predicted octanol–water partition coefficient (Wildman–Crippen LogP) is 1.30. The smallest absolute Gasteiger partial charge is 0.417 e. The van der Waals surface area contributed by atoms with Crippen LogP contribution in [0.2, 0.25) is 0 Å². The topological polar surface area (TPSA) is 39.4 Å². The summed E-state index contributed by atoms with van der Waals surface area (Å²) in [4.78, 5) is 9.60. The van der Waals surface area contributed by atoms with Gasteiger partial charge in [-0.2, -0.15) is 0 Å². The summed E-state index contributed by atoms with van der Waals surface area (Å²) in [5.74, 6) is 0.916. The highest BCUT2D eigenvalue weighted by molar-refractivity contribution is 5.38. The maximum absolute atomic E-state index is 9.60. The van der Waals surface area contributed by atoms with E-state index < -0.39 is 0 Å². The molecule has 1 heterocycles. The second-order valence-electron chi connectivity index (χ2n) is 2.11. The first kappa shape index (κ1) is 7.85. The molecule has 1 aromatic heterocycles. The number of carbonyl (C=O) groups excluding carboxylic acids is 1. The van der Waals surface area contributed by atoms with Crippen LogP contribution in [0.4, 0.5) is 0 Å². The molecule has 0 bridgehead atoms. The molecule has 0 saturated carbocycles. The first-order valence-electron chi connectivity index (χ1n) is 3.45. The molecule has 0 saturated heterocycles. The molecule has 1 rings (SSSR count). The molecule has 0 aromatic carbocycles. The minimum atomic E-state index is 0.407. The Kier molecular flexibility index (Phi) is 3.25. The van der Waals surface area contributed by atoms with E-state index >= 15 is 0 Å². The van der Waals surface area contributed by atoms with E-state index in [-0.39, 0.29) is 0 Å². The molecule has 0 unspecified atom stereocenters. The molecular formula is C8H9O3. The van der Waals surface area contributed by atoms with Crippen molar-refractivity contribution in [2.75, 3.05) is 6.61 Å². The lowest BCUT2D eigenvalue weighted by atomic mass is 10.3. The second-order valence-corrected chi connectivity index (χ2v) is 2.11. The summed E-state index contributed by atoms with van der Waals surface area (Å²) in [6, 6.07) is 3.73. The van der Waals surface area contributed by atoms with Crippen LogP contribution in [0.15, 0.2) is 22.8 Å². The zero-order valence-corrected chi connectivity index (χ0v) is 6.08. The van der Waals surface area contributed by atoms with Gasteiger partial charge in [0.2, 0.25) is 0 Å². The number of hydrogen-bond donors (Lipinski definition) is 0. The number of rotatable bonds is 5. The average molecular weight is 153 g/mol. The molecule has 1 aromatic rings. The van der Waals surface area contributed by atoms with Gasteiger partial charge in [-0.25, -0.2) is 4.79 Å². The highest BCUT2D eigenvalue weighted by Crippen LogP contribution is 2.02. The Bertz CT molecular complexity index is 191. The third-order valence-corrected chi connectivity index (χ3v) is 1.31. The Morgan fingerprint density at radius 1 is 1.64 bits per heavy atom. The monoisotopic (exact) mass is 153 g/mol. The minimum Gasteiger partial charge on any atom is -0.469 e. The zero-order chi connectivity index (χ0) is 7.94. The molecule has 0 aliphatic heterocycles. The standard InChI is InChI=1S/C8H9O3/c9-7-10-5-1-3-8-4-2-6-11-8/h2,4,6H,1,3,5H2. The van der Waals surface area contributed by atoms with Crippen LogP contribution in [0.25, 0.3) is 0 Å². The van der Waals surface area contributed by atoms with Crippen molar-refractivity contribution >= 4 is 6.47 Å². The van der Waals surface area contributed by atoms with Crippen LogP contribution in [0.5, 0.6) is 0 Å². The number of furan rings is 1. The van der Waals surface area contributed by atoms with E-state index in [1.807, 2.05) is 12.1 Å². The van der Waals surface area contributed by atoms with Gasteiger partial charge in [-0.1, -0.05) is 0 Å². The van der Waals surface area contributed by atoms with Gasteiger partial charge in [-0.05, 0) is 18.6 Å². The number of hydrogen-bond acceptors (Lipinski definition) is 3. The van der Waals surface area contributed by atoms with Crippen molar-refractivity contribution in [2.24, 2.45) is 0 Å². The predicted molar refractivity (Wildman–Crippen MR) is 38.7 cm³/mol. The summed E-state index contributed by atoms with van der Waals surface area (Å²) in [5, 5.41) is 0. The lowest BCUT2D eigenvalue weighted by Gasteiger charge is -1.94. The van der Waals surface area contributed by atoms with Crippen molar-refractivity contribution < 1.29 is 13.9 Å². The molecule has 1 radical (unpaired) electrons. The summed E-state index contributed by atoms with van der Waals surface area (Å²) in [5.41, 5.74) is 0. The lowest BCUT2D eigenvalue weighted by Crippen LogP contribution is -1.93. The molecule has 3 heteroatoms. The van der Waals surface area contributed by atoms with Crippen molar-refractivity contribution in [1.29, 1.82) is 0 Å². The molecule has 59 valence electrons. The lowest BCUT2D eigenvalue weighted by molar-refractivity contribution is 0.270. The quantitative estimate of drug-likeness (QED) is 0.598. The van der Waals surface area contributed by atoms with Crippen LogP contribution in [-0.4, -0.2) is 13.1 Å². The van der Waals surface area contributed by atoms with E-state index in [0.717, 1.165) is 18.6 Å². The summed E-state index contributed by atoms with van der Waals surface area (Å²) in [6.07, 6.45) is 3.21. The minimum absolute atomic E-state index is 0.407. The molecule has 0 N–H and O–H groups in total. The number of ether oxygens (including phenoxy) is 1. The van der Waals surface area contributed by atoms with Crippen molar-refractivity contribution in [3.05, 3.63) is 24.2 Å². The molecule has 0 aliphatic rings. The van der Waals surface area contributed by atoms with E-state index in [9.17, 15) is 4.79 Å². The molecule has 0 fully saturated rings. The molecule has 0 atom stereocenters. The fourth-order valence-electron chi connectivity index (χ4n) is 0.815. The third-order valence-electron chi connectivity index (χ3n) is 1.31. The van der Waals surface area contributed by atoms with Gasteiger partial charge in [0.25, 0.3) is 0 Å². The molecule has 0 amide bonds. The summed E-state index contributed by atoms with van der Waals surface area (Å²) in [7, 11) is 0. The van der Waals surface area contributed by atoms with Crippen molar-refractivity contribution in [3.8, 4) is 0 Å². The first-order chi connectivity index (χ1) is 5.43. The summed E-state index contributed by atoms with van der Waals surface area (Å²) >= 11 is 0. The fourth-order valence-corrected chi connectivity index (χ4v) is 0.815. The normalized spacial score (nSPS) is 9.45. The van der Waals surface area contributed by atoms with Crippen LogP contribution < -0.4 is 0 Å². The highest BCUT2D eigenvalue weighted by Gasteiger charge is 1.94. The van der Waals surface area contributed by atoms with Crippen molar-refractivity contribution in [2.45, 2.75) is 12.8 Å². The van der Waals surface area contributed by atoms with Gasteiger partial charge in [0.15, 0.2) is 0 Å². The Balaban J connectivity index is 2.09. The second kappa shape index (κ2) is 4.55. The maximum atomic E-state index is 9.60. The highest BCUT2D eigenvalue weighted by atomic mass is 16.5. The van der Waals surface area contributed by atoms with Crippen LogP contribution in [0.1, 0.15) is 12.2 Å². The van der Waals surface area contributed by atoms with Gasteiger partial charge in [-0.15, -0.1) is 0 Å². The Hall–Kier alpha value is -1.25. The van der Waals surface area contributed by atoms with E-state index in [4.69, 9.17) is 4.42 Å². The van der Waals surface area contributed by atoms with Crippen molar-refractivity contribution in [3.63, 3.8) is 0 Å². The summed E-state index contributed by atoms with van der Waals surface area (Å²) in [6.45, 7) is 1.77. The maximum Gasteiger partial charge on any atom is 0.417 e.